The molecule has 166 valence electrons. The van der Waals surface area contributed by atoms with Crippen LogP contribution in [0.25, 0.3) is 0 Å². The van der Waals surface area contributed by atoms with Gasteiger partial charge in [0, 0.05) is 24.9 Å². The molecule has 0 bridgehead atoms. The molecule has 1 saturated heterocycles. The molecule has 1 heterocycles. The highest BCUT2D eigenvalue weighted by molar-refractivity contribution is 5.76. The number of nitrogens with zero attached hydrogens (tertiary/aromatic N) is 1. The predicted octanol–water partition coefficient (Wildman–Crippen LogP) is 4.21. The van der Waals surface area contributed by atoms with E-state index in [1.165, 1.54) is 12.1 Å². The maximum absolute atomic E-state index is 13.7. The maximum Gasteiger partial charge on any atom is 0.323 e. The average molecular weight is 428 g/mol. The summed E-state index contributed by atoms with van der Waals surface area (Å²) in [5.74, 6) is -0.251. The Bertz CT molecular complexity index is 885. The van der Waals surface area contributed by atoms with Gasteiger partial charge in [-0.05, 0) is 41.3 Å². The molecule has 0 aromatic heterocycles. The van der Waals surface area contributed by atoms with Crippen molar-refractivity contribution in [2.75, 3.05) is 20.2 Å². The first-order valence-corrected chi connectivity index (χ1v) is 10.7. The number of aldehydes is 1. The Morgan fingerprint density at radius 1 is 1.23 bits per heavy atom. The van der Waals surface area contributed by atoms with Gasteiger partial charge in [-0.2, -0.15) is 0 Å². The molecule has 0 radical (unpaired) electrons. The van der Waals surface area contributed by atoms with Crippen molar-refractivity contribution in [3.8, 4) is 5.75 Å². The normalized spacial score (nSPS) is 20.8. The molecule has 2 aromatic rings. The highest BCUT2D eigenvalue weighted by Crippen LogP contribution is 2.35. The lowest BCUT2D eigenvalue weighted by Crippen LogP contribution is -2.45. The first kappa shape index (κ1) is 22.9. The second kappa shape index (κ2) is 10.5. The summed E-state index contributed by atoms with van der Waals surface area (Å²) in [7, 11) is 1.60. The van der Waals surface area contributed by atoms with Gasteiger partial charge in [0.15, 0.2) is 0 Å². The van der Waals surface area contributed by atoms with Gasteiger partial charge < -0.3 is 14.3 Å². The number of esters is 1. The molecule has 1 fully saturated rings. The summed E-state index contributed by atoms with van der Waals surface area (Å²) in [6.07, 6.45) is 1.72. The predicted molar refractivity (Wildman–Crippen MR) is 116 cm³/mol. The van der Waals surface area contributed by atoms with Crippen LogP contribution in [0.15, 0.2) is 48.5 Å². The Hall–Kier alpha value is -2.73. The molecule has 1 aliphatic heterocycles. The Morgan fingerprint density at radius 3 is 2.58 bits per heavy atom. The first-order chi connectivity index (χ1) is 15.0. The van der Waals surface area contributed by atoms with Gasteiger partial charge in [-0.25, -0.2) is 4.39 Å². The molecular formula is C25H30FNO4. The van der Waals surface area contributed by atoms with Crippen molar-refractivity contribution in [2.24, 2.45) is 11.8 Å². The lowest BCUT2D eigenvalue weighted by Gasteiger charge is -2.30. The van der Waals surface area contributed by atoms with Crippen molar-refractivity contribution in [3.63, 3.8) is 0 Å². The van der Waals surface area contributed by atoms with Crippen molar-refractivity contribution in [1.29, 1.82) is 0 Å². The van der Waals surface area contributed by atoms with Crippen LogP contribution in [-0.2, 0) is 20.9 Å². The number of carbonyl (C=O) groups is 2. The van der Waals surface area contributed by atoms with Crippen LogP contribution in [0.3, 0.4) is 0 Å². The van der Waals surface area contributed by atoms with Gasteiger partial charge >= 0.3 is 5.97 Å². The fourth-order valence-electron chi connectivity index (χ4n) is 4.24. The minimum atomic E-state index is -0.454. The molecule has 6 heteroatoms. The van der Waals surface area contributed by atoms with E-state index < -0.39 is 6.04 Å². The number of hydrogen-bond donors (Lipinski definition) is 0. The summed E-state index contributed by atoms with van der Waals surface area (Å²) >= 11 is 0. The van der Waals surface area contributed by atoms with Crippen molar-refractivity contribution in [3.05, 3.63) is 65.5 Å². The van der Waals surface area contributed by atoms with Crippen molar-refractivity contribution < 1.29 is 23.5 Å². The lowest BCUT2D eigenvalue weighted by atomic mass is 9.90. The van der Waals surface area contributed by atoms with Crippen molar-refractivity contribution in [2.45, 2.75) is 38.8 Å². The van der Waals surface area contributed by atoms with Gasteiger partial charge in [-0.1, -0.05) is 44.5 Å². The summed E-state index contributed by atoms with van der Waals surface area (Å²) in [5.41, 5.74) is 1.66. The Morgan fingerprint density at radius 2 is 1.97 bits per heavy atom. The molecule has 2 aromatic carbocycles. The van der Waals surface area contributed by atoms with Gasteiger partial charge in [-0.15, -0.1) is 0 Å². The van der Waals surface area contributed by atoms with Crippen LogP contribution in [0, 0.1) is 17.7 Å². The maximum atomic E-state index is 13.7. The van der Waals surface area contributed by atoms with Crippen LogP contribution in [-0.4, -0.2) is 43.4 Å². The molecule has 0 aliphatic carbocycles. The largest absolute Gasteiger partial charge is 0.497 e. The second-order valence-electron chi connectivity index (χ2n) is 8.20. The molecule has 5 nitrogen and oxygen atoms in total. The van der Waals surface area contributed by atoms with E-state index in [1.54, 1.807) is 13.2 Å². The molecule has 0 spiro atoms. The molecule has 0 unspecified atom stereocenters. The molecule has 1 aliphatic rings. The van der Waals surface area contributed by atoms with Gasteiger partial charge in [-0.3, -0.25) is 9.69 Å². The van der Waals surface area contributed by atoms with E-state index in [2.05, 4.69) is 0 Å². The zero-order valence-electron chi connectivity index (χ0n) is 18.3. The third-order valence-corrected chi connectivity index (χ3v) is 6.20. The Kier molecular flexibility index (Phi) is 7.80. The third kappa shape index (κ3) is 5.50. The molecule has 3 rings (SSSR count). The zero-order chi connectivity index (χ0) is 22.4. The van der Waals surface area contributed by atoms with E-state index in [-0.39, 0.29) is 36.1 Å². The van der Waals surface area contributed by atoms with Crippen molar-refractivity contribution >= 4 is 12.3 Å². The summed E-state index contributed by atoms with van der Waals surface area (Å²) in [4.78, 5) is 26.9. The molecule has 0 N–H and O–H groups in total. The minimum absolute atomic E-state index is 0.0573. The molecule has 0 amide bonds. The van der Waals surface area contributed by atoms with Crippen LogP contribution in [0.2, 0.25) is 0 Å². The van der Waals surface area contributed by atoms with Gasteiger partial charge in [0.2, 0.25) is 0 Å². The number of likely N-dealkylation sites (tertiary alicyclic amines) is 1. The van der Waals surface area contributed by atoms with Crippen LogP contribution in [0.1, 0.15) is 37.3 Å². The summed E-state index contributed by atoms with van der Waals surface area (Å²) < 4.78 is 24.6. The summed E-state index contributed by atoms with van der Waals surface area (Å²) in [5, 5.41) is 0. The topological polar surface area (TPSA) is 55.8 Å². The number of hydrogen-bond acceptors (Lipinski definition) is 5. The smallest absolute Gasteiger partial charge is 0.323 e. The highest BCUT2D eigenvalue weighted by Gasteiger charge is 2.41. The number of ether oxygens (including phenoxy) is 2. The third-order valence-electron chi connectivity index (χ3n) is 6.20. The fraction of sp³-hybridized carbons (Fsp3) is 0.440. The van der Waals surface area contributed by atoms with Crippen LogP contribution < -0.4 is 4.74 Å². The fourth-order valence-corrected chi connectivity index (χ4v) is 4.24. The molecule has 31 heavy (non-hydrogen) atoms. The van der Waals surface area contributed by atoms with Gasteiger partial charge in [0.25, 0.3) is 0 Å². The molecular weight excluding hydrogens is 397 g/mol. The Labute approximate surface area is 183 Å². The quantitative estimate of drug-likeness (QED) is 0.443. The standard InChI is InChI=1S/C25H30FNO4/c1-4-17(2)24(25(29)31-16-18-8-10-22(30-3)11-9-18)27-13-20(15-28)23(14-27)19-6-5-7-21(26)12-19/h5-12,15,17,20,23-24H,4,13-14,16H2,1-3H3/t17-,20+,23+,24+/m0/s1. The number of benzene rings is 2. The summed E-state index contributed by atoms with van der Waals surface area (Å²) in [6.45, 7) is 5.20. The van der Waals surface area contributed by atoms with E-state index in [9.17, 15) is 14.0 Å². The number of carbonyl (C=O) groups excluding carboxylic acids is 2. The number of halogens is 1. The van der Waals surface area contributed by atoms with E-state index in [0.717, 1.165) is 29.6 Å². The number of methoxy groups -OCH3 is 1. The van der Waals surface area contributed by atoms with Crippen LogP contribution in [0.5, 0.6) is 5.75 Å². The minimum Gasteiger partial charge on any atom is -0.497 e. The van der Waals surface area contributed by atoms with E-state index in [4.69, 9.17) is 9.47 Å². The lowest BCUT2D eigenvalue weighted by molar-refractivity contribution is -0.153. The SMILES string of the molecule is CC[C@H](C)[C@H](C(=O)OCc1ccc(OC)cc1)N1C[C@H](c2cccc(F)c2)[C@@H](C=O)C1. The van der Waals surface area contributed by atoms with Gasteiger partial charge in [0.1, 0.15) is 30.5 Å². The zero-order valence-corrected chi connectivity index (χ0v) is 18.3. The monoisotopic (exact) mass is 427 g/mol. The second-order valence-corrected chi connectivity index (χ2v) is 8.20. The van der Waals surface area contributed by atoms with E-state index >= 15 is 0 Å². The molecule has 0 saturated carbocycles. The van der Waals surface area contributed by atoms with Crippen LogP contribution in [0.4, 0.5) is 4.39 Å². The molecule has 4 atom stereocenters. The van der Waals surface area contributed by atoms with Gasteiger partial charge in [0.05, 0.1) is 7.11 Å². The van der Waals surface area contributed by atoms with Crippen LogP contribution >= 0.6 is 0 Å². The average Bonchev–Trinajstić information content (AvgIpc) is 3.22. The summed E-state index contributed by atoms with van der Waals surface area (Å²) in [6, 6.07) is 13.3. The first-order valence-electron chi connectivity index (χ1n) is 10.7. The highest BCUT2D eigenvalue weighted by atomic mass is 19.1. The Balaban J connectivity index is 1.73. The van der Waals surface area contributed by atoms with E-state index in [0.29, 0.717) is 13.1 Å². The number of rotatable bonds is 9. The van der Waals surface area contributed by atoms with E-state index in [1.807, 2.05) is 49.1 Å². The van der Waals surface area contributed by atoms with Crippen molar-refractivity contribution in [1.82, 2.24) is 4.90 Å².